The first-order chi connectivity index (χ1) is 37.5. The second-order valence-corrected chi connectivity index (χ2v) is 19.0. The van der Waals surface area contributed by atoms with Crippen LogP contribution >= 0.6 is 0 Å². The summed E-state index contributed by atoms with van der Waals surface area (Å²) in [7, 11) is 0. The van der Waals surface area contributed by atoms with E-state index in [0.717, 1.165) is 0 Å². The van der Waals surface area contributed by atoms with Gasteiger partial charge in [-0.2, -0.15) is 0 Å². The number of phenolic OH excluding ortho intramolecular Hbond substituents is 1. The normalized spacial score (nSPS) is 14.4. The van der Waals surface area contributed by atoms with E-state index in [1.807, 2.05) is 0 Å². The van der Waals surface area contributed by atoms with E-state index < -0.39 is 152 Å². The summed E-state index contributed by atoms with van der Waals surface area (Å²) in [4.78, 5) is 145. The molecule has 0 spiro atoms. The van der Waals surface area contributed by atoms with E-state index in [1.54, 1.807) is 74.5 Å². The van der Waals surface area contributed by atoms with Crippen molar-refractivity contribution in [1.82, 2.24) is 37.2 Å². The first-order valence-corrected chi connectivity index (χ1v) is 25.8. The highest BCUT2D eigenvalue weighted by Gasteiger charge is 2.36. The number of carboxylic acids is 4. The van der Waals surface area contributed by atoms with Crippen molar-refractivity contribution in [2.45, 2.75) is 146 Å². The van der Waals surface area contributed by atoms with Crippen molar-refractivity contribution in [3.05, 3.63) is 102 Å². The number of carbonyl (C=O) groups excluding carboxylic acids is 7. The smallest absolute Gasteiger partial charge is 0.326 e. The van der Waals surface area contributed by atoms with Crippen molar-refractivity contribution in [2.75, 3.05) is 6.54 Å². The molecule has 79 heavy (non-hydrogen) atoms. The molecule has 7 amide bonds. The van der Waals surface area contributed by atoms with Gasteiger partial charge in [-0.15, -0.1) is 0 Å². The van der Waals surface area contributed by atoms with Crippen molar-refractivity contribution < 1.29 is 78.3 Å². The Balaban J connectivity index is 1.95. The fourth-order valence-electron chi connectivity index (χ4n) is 8.02. The lowest BCUT2D eigenvalue weighted by Crippen LogP contribution is -2.61. The molecule has 3 aromatic rings. The SMILES string of the molecule is CC[C@H](C)[C@H](NC(=O)[C@H](Cc1ccc(O)cc1)NC(=O)[C@@H](N)CCC(=O)O)C(=O)N[C@@H](CCCCN)C(=O)N[C@@H](CCC(=O)O)C(=O)N[C@@H](Cc1ccccc1)C(=O)N[C@@H](CCC(=O)O)C(=O)N[C@@H](Cc1ccccc1)C(=O)O. The molecule has 0 heterocycles. The molecule has 0 bridgehead atoms. The fourth-order valence-corrected chi connectivity index (χ4v) is 8.02. The standard InChI is InChI=1S/C54H73N9O16/c1-3-31(2)46(63-52(76)41(29-34-17-19-35(64)20-18-34)60-47(71)36(56)21-24-43(65)66)53(77)59-37(16-10-11-27-55)48(72)57-38(22-25-44(67)68)49(73)61-40(28-32-12-6-4-7-13-32)51(75)58-39(23-26-45(69)70)50(74)62-42(54(78)79)30-33-14-8-5-9-15-33/h4-9,12-15,17-20,31,36-42,46,64H,3,10-11,16,21-30,55-56H2,1-2H3,(H,57,72)(H,58,75)(H,59,77)(H,60,71)(H,61,73)(H,62,74)(H,63,76)(H,65,66)(H,67,68)(H,69,70)(H,78,79)/t31-,36-,37-,38-,39-,40-,41-,42-,46-/m0/s1. The molecular weight excluding hydrogens is 1030 g/mol. The predicted molar refractivity (Wildman–Crippen MR) is 284 cm³/mol. The lowest BCUT2D eigenvalue weighted by Gasteiger charge is -2.29. The van der Waals surface area contributed by atoms with Gasteiger partial charge in [0.1, 0.15) is 48.0 Å². The fraction of sp³-hybridized carbons (Fsp3) is 0.463. The number of hydrogen-bond donors (Lipinski definition) is 14. The molecule has 0 fully saturated rings. The van der Waals surface area contributed by atoms with E-state index in [0.29, 0.717) is 29.5 Å². The first kappa shape index (κ1) is 64.8. The van der Waals surface area contributed by atoms with Crippen LogP contribution in [0.4, 0.5) is 0 Å². The number of amides is 7. The summed E-state index contributed by atoms with van der Waals surface area (Å²) >= 11 is 0. The number of aliphatic carboxylic acids is 4. The molecule has 3 aromatic carbocycles. The van der Waals surface area contributed by atoms with Crippen LogP contribution in [0, 0.1) is 5.92 Å². The topological polar surface area (TPSA) is 425 Å². The summed E-state index contributed by atoms with van der Waals surface area (Å²) in [6, 6.07) is 10.2. The summed E-state index contributed by atoms with van der Waals surface area (Å²) in [5.41, 5.74) is 13.2. The van der Waals surface area contributed by atoms with Crippen LogP contribution < -0.4 is 48.7 Å². The summed E-state index contributed by atoms with van der Waals surface area (Å²) < 4.78 is 0. The van der Waals surface area contributed by atoms with Gasteiger partial charge in [0.2, 0.25) is 41.4 Å². The Kier molecular flexibility index (Phi) is 27.6. The third kappa shape index (κ3) is 23.8. The van der Waals surface area contributed by atoms with Gasteiger partial charge in [-0.05, 0) is 79.8 Å². The van der Waals surface area contributed by atoms with Gasteiger partial charge in [0.25, 0.3) is 0 Å². The molecule has 0 aliphatic rings. The van der Waals surface area contributed by atoms with Gasteiger partial charge in [0.15, 0.2) is 0 Å². The van der Waals surface area contributed by atoms with Crippen LogP contribution in [0.5, 0.6) is 5.75 Å². The highest BCUT2D eigenvalue weighted by atomic mass is 16.4. The van der Waals surface area contributed by atoms with E-state index in [9.17, 15) is 73.2 Å². The van der Waals surface area contributed by atoms with Crippen LogP contribution in [0.15, 0.2) is 84.9 Å². The number of carbonyl (C=O) groups is 11. The lowest BCUT2D eigenvalue weighted by molar-refractivity contribution is -0.143. The second-order valence-electron chi connectivity index (χ2n) is 19.0. The summed E-state index contributed by atoms with van der Waals surface area (Å²) in [5.74, 6) is -12.7. The summed E-state index contributed by atoms with van der Waals surface area (Å²) in [6.45, 7) is 3.55. The zero-order valence-electron chi connectivity index (χ0n) is 44.1. The zero-order valence-corrected chi connectivity index (χ0v) is 44.1. The van der Waals surface area contributed by atoms with Gasteiger partial charge in [-0.1, -0.05) is 93.1 Å². The Morgan fingerprint density at radius 2 is 0.810 bits per heavy atom. The van der Waals surface area contributed by atoms with Crippen molar-refractivity contribution >= 4 is 65.2 Å². The Hall–Kier alpha value is -8.45. The Bertz CT molecular complexity index is 2540. The van der Waals surface area contributed by atoms with E-state index in [4.69, 9.17) is 16.6 Å². The minimum absolute atomic E-state index is 0.0794. The van der Waals surface area contributed by atoms with E-state index >= 15 is 0 Å². The largest absolute Gasteiger partial charge is 0.508 e. The average Bonchev–Trinajstić information content (AvgIpc) is 3.41. The highest BCUT2D eigenvalue weighted by Crippen LogP contribution is 2.16. The first-order valence-electron chi connectivity index (χ1n) is 25.8. The quantitative estimate of drug-likeness (QED) is 0.0341. The van der Waals surface area contributed by atoms with Gasteiger partial charge in [-0.25, -0.2) is 4.79 Å². The number of benzene rings is 3. The third-order valence-corrected chi connectivity index (χ3v) is 12.8. The van der Waals surface area contributed by atoms with Crippen molar-refractivity contribution in [3.63, 3.8) is 0 Å². The van der Waals surface area contributed by atoms with Gasteiger partial charge in [-0.3, -0.25) is 47.9 Å². The molecule has 0 saturated carbocycles. The van der Waals surface area contributed by atoms with Crippen molar-refractivity contribution in [3.8, 4) is 5.75 Å². The van der Waals surface area contributed by atoms with E-state index in [2.05, 4.69) is 37.2 Å². The molecule has 0 radical (unpaired) electrons. The second kappa shape index (κ2) is 33.7. The maximum absolute atomic E-state index is 14.3. The van der Waals surface area contributed by atoms with Gasteiger partial charge in [0, 0.05) is 38.5 Å². The van der Waals surface area contributed by atoms with Crippen molar-refractivity contribution in [2.24, 2.45) is 17.4 Å². The number of nitrogens with two attached hydrogens (primary N) is 2. The molecular formula is C54H73N9O16. The molecule has 25 heteroatoms. The summed E-state index contributed by atoms with van der Waals surface area (Å²) in [6.07, 6.45) is -2.82. The van der Waals surface area contributed by atoms with Crippen LogP contribution in [0.2, 0.25) is 0 Å². The molecule has 0 aromatic heterocycles. The minimum atomic E-state index is -1.69. The van der Waals surface area contributed by atoms with Gasteiger partial charge >= 0.3 is 23.9 Å². The van der Waals surface area contributed by atoms with E-state index in [1.165, 1.54) is 24.3 Å². The number of unbranched alkanes of at least 4 members (excludes halogenated alkanes) is 1. The average molecular weight is 1100 g/mol. The van der Waals surface area contributed by atoms with Crippen LogP contribution in [0.3, 0.4) is 0 Å². The maximum Gasteiger partial charge on any atom is 0.326 e. The number of rotatable bonds is 36. The van der Waals surface area contributed by atoms with Crippen LogP contribution in [-0.4, -0.2) is 146 Å². The number of carboxylic acid groups (broad SMARTS) is 4. The molecule has 3 rings (SSSR count). The Labute approximate surface area is 456 Å². The Morgan fingerprint density at radius 1 is 0.443 bits per heavy atom. The number of hydrogen-bond acceptors (Lipinski definition) is 14. The van der Waals surface area contributed by atoms with Crippen LogP contribution in [0.25, 0.3) is 0 Å². The minimum Gasteiger partial charge on any atom is -0.508 e. The van der Waals surface area contributed by atoms with Crippen molar-refractivity contribution in [1.29, 1.82) is 0 Å². The molecule has 16 N–H and O–H groups in total. The molecule has 25 nitrogen and oxygen atoms in total. The van der Waals surface area contributed by atoms with Gasteiger partial charge < -0.3 is 74.2 Å². The molecule has 0 unspecified atom stereocenters. The highest BCUT2D eigenvalue weighted by molar-refractivity contribution is 5.98. The van der Waals surface area contributed by atoms with Gasteiger partial charge in [0.05, 0.1) is 6.04 Å². The lowest BCUT2D eigenvalue weighted by atomic mass is 9.96. The van der Waals surface area contributed by atoms with E-state index in [-0.39, 0.29) is 50.8 Å². The number of phenols is 1. The summed E-state index contributed by atoms with van der Waals surface area (Å²) in [5, 5.41) is 65.8. The number of aromatic hydroxyl groups is 1. The van der Waals surface area contributed by atoms with Crippen LogP contribution in [-0.2, 0) is 72.0 Å². The molecule has 0 aliphatic carbocycles. The predicted octanol–water partition coefficient (Wildman–Crippen LogP) is -0.00490. The molecule has 0 aliphatic heterocycles. The maximum atomic E-state index is 14.3. The molecule has 9 atom stereocenters. The third-order valence-electron chi connectivity index (χ3n) is 12.8. The monoisotopic (exact) mass is 1100 g/mol. The molecule has 430 valence electrons. The van der Waals surface area contributed by atoms with Crippen LogP contribution in [0.1, 0.15) is 94.7 Å². The zero-order chi connectivity index (χ0) is 58.6. The Morgan fingerprint density at radius 3 is 1.25 bits per heavy atom. The number of nitrogens with one attached hydrogen (secondary N) is 7. The molecule has 0 saturated heterocycles.